The van der Waals surface area contributed by atoms with Crippen LogP contribution >= 0.6 is 0 Å². The van der Waals surface area contributed by atoms with Crippen molar-refractivity contribution >= 4 is 22.7 Å². The highest BCUT2D eigenvalue weighted by molar-refractivity contribution is 5.78. The number of H-pyrrole nitrogens is 1. The molecular weight excluding hydrogens is 234 g/mol. The molecule has 3 aromatic rings. The molecule has 0 amide bonds. The molecule has 2 aromatic carbocycles. The van der Waals surface area contributed by atoms with Crippen molar-refractivity contribution in [2.24, 2.45) is 0 Å². The first kappa shape index (κ1) is 11.5. The molecule has 0 saturated carbocycles. The first-order valence-corrected chi connectivity index (χ1v) is 6.27. The number of fused-ring (bicyclic) bond motifs is 1. The fraction of sp³-hybridized carbons (Fsp3) is 0.0625. The van der Waals surface area contributed by atoms with E-state index in [4.69, 9.17) is 0 Å². The van der Waals surface area contributed by atoms with Gasteiger partial charge in [-0.3, -0.25) is 0 Å². The molecule has 0 aliphatic heterocycles. The summed E-state index contributed by atoms with van der Waals surface area (Å²) < 4.78 is 0. The van der Waals surface area contributed by atoms with Gasteiger partial charge in [0.15, 0.2) is 0 Å². The summed E-state index contributed by atoms with van der Waals surface area (Å²) in [5.41, 5.74) is 3.12. The van der Waals surface area contributed by atoms with Crippen molar-refractivity contribution in [3.8, 4) is 0 Å². The molecule has 0 atom stereocenters. The predicted octanol–water partition coefficient (Wildman–Crippen LogP) is 3.89. The maximum Gasteiger partial charge on any atom is 0.208 e. The van der Waals surface area contributed by atoms with E-state index in [1.165, 1.54) is 0 Å². The first-order valence-electron chi connectivity index (χ1n) is 6.27. The summed E-state index contributed by atoms with van der Waals surface area (Å²) in [6.45, 7) is 4.53. The average Bonchev–Trinajstić information content (AvgIpc) is 2.89. The van der Waals surface area contributed by atoms with Crippen LogP contribution in [0.1, 0.15) is 0 Å². The number of aromatic amines is 1. The fourth-order valence-corrected chi connectivity index (χ4v) is 2.12. The summed E-state index contributed by atoms with van der Waals surface area (Å²) in [5, 5.41) is 0. The minimum atomic E-state index is 0.712. The van der Waals surface area contributed by atoms with Gasteiger partial charge in [0.1, 0.15) is 0 Å². The standard InChI is InChI=1S/C16H15N3/c1-2-12-19(13-8-4-3-5-9-13)16-17-14-10-6-7-11-15(14)18-16/h2-11H,1,12H2,(H,17,18). The topological polar surface area (TPSA) is 31.9 Å². The largest absolute Gasteiger partial charge is 0.324 e. The van der Waals surface area contributed by atoms with E-state index in [9.17, 15) is 0 Å². The molecule has 19 heavy (non-hydrogen) atoms. The van der Waals surface area contributed by atoms with Crippen molar-refractivity contribution in [2.75, 3.05) is 11.4 Å². The monoisotopic (exact) mass is 249 g/mol. The zero-order chi connectivity index (χ0) is 13.1. The number of nitrogens with zero attached hydrogens (tertiary/aromatic N) is 2. The molecule has 0 bridgehead atoms. The van der Waals surface area contributed by atoms with Gasteiger partial charge in [-0.2, -0.15) is 0 Å². The van der Waals surface area contributed by atoms with E-state index in [2.05, 4.69) is 33.6 Å². The summed E-state index contributed by atoms with van der Waals surface area (Å²) in [4.78, 5) is 10.1. The molecule has 0 aliphatic rings. The molecule has 3 rings (SSSR count). The van der Waals surface area contributed by atoms with Crippen LogP contribution in [0.2, 0.25) is 0 Å². The van der Waals surface area contributed by atoms with Crippen LogP contribution in [0.25, 0.3) is 11.0 Å². The van der Waals surface area contributed by atoms with E-state index in [0.717, 1.165) is 22.7 Å². The van der Waals surface area contributed by atoms with Crippen LogP contribution < -0.4 is 4.90 Å². The summed E-state index contributed by atoms with van der Waals surface area (Å²) in [7, 11) is 0. The van der Waals surface area contributed by atoms with Crippen molar-refractivity contribution in [3.63, 3.8) is 0 Å². The quantitative estimate of drug-likeness (QED) is 0.711. The highest BCUT2D eigenvalue weighted by atomic mass is 15.3. The Labute approximate surface area is 112 Å². The molecule has 1 aromatic heterocycles. The molecule has 0 saturated heterocycles. The molecule has 94 valence electrons. The number of nitrogens with one attached hydrogen (secondary N) is 1. The Morgan fingerprint density at radius 3 is 2.53 bits per heavy atom. The average molecular weight is 249 g/mol. The Hall–Kier alpha value is -2.55. The lowest BCUT2D eigenvalue weighted by molar-refractivity contribution is 1.03. The summed E-state index contributed by atoms with van der Waals surface area (Å²) >= 11 is 0. The Morgan fingerprint density at radius 1 is 1.05 bits per heavy atom. The predicted molar refractivity (Wildman–Crippen MR) is 79.7 cm³/mol. The zero-order valence-corrected chi connectivity index (χ0v) is 10.6. The summed E-state index contributed by atoms with van der Waals surface area (Å²) in [6, 6.07) is 18.2. The van der Waals surface area contributed by atoms with Crippen LogP contribution in [-0.2, 0) is 0 Å². The van der Waals surface area contributed by atoms with Crippen molar-refractivity contribution in [2.45, 2.75) is 0 Å². The zero-order valence-electron chi connectivity index (χ0n) is 10.6. The van der Waals surface area contributed by atoms with Crippen molar-refractivity contribution in [1.82, 2.24) is 9.97 Å². The number of hydrogen-bond acceptors (Lipinski definition) is 2. The van der Waals surface area contributed by atoms with Crippen LogP contribution in [0.3, 0.4) is 0 Å². The van der Waals surface area contributed by atoms with Gasteiger partial charge in [-0.05, 0) is 24.3 Å². The Balaban J connectivity index is 2.06. The molecule has 1 N–H and O–H groups in total. The van der Waals surface area contributed by atoms with Gasteiger partial charge in [-0.15, -0.1) is 6.58 Å². The van der Waals surface area contributed by atoms with Crippen LogP contribution in [-0.4, -0.2) is 16.5 Å². The molecule has 1 heterocycles. The second-order valence-electron chi connectivity index (χ2n) is 4.31. The minimum Gasteiger partial charge on any atom is -0.324 e. The van der Waals surface area contributed by atoms with Gasteiger partial charge >= 0.3 is 0 Å². The molecule has 3 heteroatoms. The fourth-order valence-electron chi connectivity index (χ4n) is 2.12. The van der Waals surface area contributed by atoms with E-state index in [-0.39, 0.29) is 0 Å². The third kappa shape index (κ3) is 2.22. The van der Waals surface area contributed by atoms with Crippen molar-refractivity contribution < 1.29 is 0 Å². The SMILES string of the molecule is C=CCN(c1ccccc1)c1nc2ccccc2[nH]1. The molecule has 0 unspecified atom stereocenters. The number of hydrogen-bond donors (Lipinski definition) is 1. The lowest BCUT2D eigenvalue weighted by Crippen LogP contribution is -2.17. The number of imidazole rings is 1. The highest BCUT2D eigenvalue weighted by Gasteiger charge is 2.11. The van der Waals surface area contributed by atoms with E-state index >= 15 is 0 Å². The van der Waals surface area contributed by atoms with Gasteiger partial charge < -0.3 is 9.88 Å². The maximum absolute atomic E-state index is 4.63. The number of rotatable bonds is 4. The van der Waals surface area contributed by atoms with Gasteiger partial charge in [0.25, 0.3) is 0 Å². The Bertz CT molecular complexity index is 652. The number of benzene rings is 2. The minimum absolute atomic E-state index is 0.712. The second-order valence-corrected chi connectivity index (χ2v) is 4.31. The first-order chi connectivity index (χ1) is 9.38. The Morgan fingerprint density at radius 2 is 1.79 bits per heavy atom. The maximum atomic E-state index is 4.63. The number of anilines is 2. The normalized spacial score (nSPS) is 10.5. The van der Waals surface area contributed by atoms with E-state index in [0.29, 0.717) is 6.54 Å². The number of para-hydroxylation sites is 3. The van der Waals surface area contributed by atoms with Crippen LogP contribution in [0.4, 0.5) is 11.6 Å². The number of aromatic nitrogens is 2. The van der Waals surface area contributed by atoms with Crippen molar-refractivity contribution in [3.05, 3.63) is 67.3 Å². The van der Waals surface area contributed by atoms with Crippen molar-refractivity contribution in [1.29, 1.82) is 0 Å². The smallest absolute Gasteiger partial charge is 0.208 e. The summed E-state index contributed by atoms with van der Waals surface area (Å²) in [5.74, 6) is 0.840. The van der Waals surface area contributed by atoms with Gasteiger partial charge in [-0.1, -0.05) is 36.4 Å². The van der Waals surface area contributed by atoms with Crippen LogP contribution in [0.5, 0.6) is 0 Å². The van der Waals surface area contributed by atoms with Gasteiger partial charge in [0.2, 0.25) is 5.95 Å². The molecule has 0 fully saturated rings. The third-order valence-corrected chi connectivity index (χ3v) is 3.01. The third-order valence-electron chi connectivity index (χ3n) is 3.01. The van der Waals surface area contributed by atoms with Gasteiger partial charge in [-0.25, -0.2) is 4.98 Å². The lowest BCUT2D eigenvalue weighted by atomic mass is 10.3. The van der Waals surface area contributed by atoms with Crippen LogP contribution in [0.15, 0.2) is 67.3 Å². The van der Waals surface area contributed by atoms with E-state index in [1.807, 2.05) is 48.5 Å². The van der Waals surface area contributed by atoms with Gasteiger partial charge in [0.05, 0.1) is 11.0 Å². The second kappa shape index (κ2) is 4.98. The van der Waals surface area contributed by atoms with Gasteiger partial charge in [0, 0.05) is 12.2 Å². The van der Waals surface area contributed by atoms with E-state index < -0.39 is 0 Å². The molecule has 0 radical (unpaired) electrons. The van der Waals surface area contributed by atoms with Crippen LogP contribution in [0, 0.1) is 0 Å². The van der Waals surface area contributed by atoms with E-state index in [1.54, 1.807) is 0 Å². The molecular formula is C16H15N3. The Kier molecular flexibility index (Phi) is 3.02. The molecule has 3 nitrogen and oxygen atoms in total. The molecule has 0 aliphatic carbocycles. The molecule has 0 spiro atoms. The lowest BCUT2D eigenvalue weighted by Gasteiger charge is -2.20. The highest BCUT2D eigenvalue weighted by Crippen LogP contribution is 2.24. The summed E-state index contributed by atoms with van der Waals surface area (Å²) in [6.07, 6.45) is 1.88.